The average molecular weight is 515 g/mol. The summed E-state index contributed by atoms with van der Waals surface area (Å²) in [6, 6.07) is 20.5. The van der Waals surface area contributed by atoms with Crippen molar-refractivity contribution in [2.24, 2.45) is 0 Å². The maximum absolute atomic E-state index is 11.6. The largest absolute Gasteiger partial charge is 0.506 e. The van der Waals surface area contributed by atoms with Crippen LogP contribution in [0, 0.1) is 0 Å². The first-order valence-corrected chi connectivity index (χ1v) is 13.5. The molecule has 36 heavy (non-hydrogen) atoms. The minimum Gasteiger partial charge on any atom is -0.506 e. The lowest BCUT2D eigenvalue weighted by molar-refractivity contribution is 0.166. The number of hydrogen-bond donors (Lipinski definition) is 4. The van der Waals surface area contributed by atoms with E-state index in [1.54, 1.807) is 20.3 Å². The van der Waals surface area contributed by atoms with Crippen molar-refractivity contribution in [2.75, 3.05) is 31.7 Å². The lowest BCUT2D eigenvalue weighted by Crippen LogP contribution is -2.32. The Morgan fingerprint density at radius 2 is 1.64 bits per heavy atom. The zero-order valence-corrected chi connectivity index (χ0v) is 21.6. The Hall–Kier alpha value is -3.27. The molecule has 0 aliphatic heterocycles. The summed E-state index contributed by atoms with van der Waals surface area (Å²) in [7, 11) is -0.345. The van der Waals surface area contributed by atoms with Crippen LogP contribution < -0.4 is 19.5 Å². The Balaban J connectivity index is 1.71. The van der Waals surface area contributed by atoms with Crippen molar-refractivity contribution in [1.29, 1.82) is 0 Å². The van der Waals surface area contributed by atoms with Crippen molar-refractivity contribution in [3.63, 3.8) is 0 Å². The van der Waals surface area contributed by atoms with Crippen LogP contribution >= 0.6 is 0 Å². The molecule has 9 heteroatoms. The summed E-state index contributed by atoms with van der Waals surface area (Å²) in [5.41, 5.74) is 3.02. The maximum atomic E-state index is 11.6. The van der Waals surface area contributed by atoms with Crippen molar-refractivity contribution in [1.82, 2.24) is 5.32 Å². The summed E-state index contributed by atoms with van der Waals surface area (Å²) >= 11 is 0. The molecule has 0 amide bonds. The molecule has 0 aliphatic carbocycles. The Morgan fingerprint density at radius 1 is 0.917 bits per heavy atom. The fourth-order valence-electron chi connectivity index (χ4n) is 4.03. The molecule has 0 aromatic heterocycles. The summed E-state index contributed by atoms with van der Waals surface area (Å²) in [5, 5.41) is 24.2. The highest BCUT2D eigenvalue weighted by Crippen LogP contribution is 2.31. The number of hydrogen-bond acceptors (Lipinski definition) is 7. The van der Waals surface area contributed by atoms with Gasteiger partial charge < -0.3 is 25.0 Å². The first-order valence-electron chi connectivity index (χ1n) is 11.7. The predicted octanol–water partition coefficient (Wildman–Crippen LogP) is 3.65. The Morgan fingerprint density at radius 3 is 2.31 bits per heavy atom. The maximum Gasteiger partial charge on any atom is 0.229 e. The van der Waals surface area contributed by atoms with E-state index in [0.717, 1.165) is 24.7 Å². The molecule has 8 nitrogen and oxygen atoms in total. The second-order valence-electron chi connectivity index (χ2n) is 8.68. The fourth-order valence-corrected chi connectivity index (χ4v) is 4.59. The van der Waals surface area contributed by atoms with Gasteiger partial charge in [-0.05, 0) is 60.2 Å². The van der Waals surface area contributed by atoms with E-state index in [4.69, 9.17) is 9.47 Å². The van der Waals surface area contributed by atoms with Gasteiger partial charge >= 0.3 is 0 Å². The van der Waals surface area contributed by atoms with Crippen LogP contribution in [0.25, 0.3) is 0 Å². The standard InChI is InChI=1S/C27H34N2O6S/c1-34-26-14-11-21(17-27(26)35-2)23(12-9-19-7-5-4-6-8-19)28-18-22(30)15-20-10-13-25(31)24(16-20)29-36(3,32)33/h4-8,10-11,13-14,16-17,22-23,28-31H,9,12,15,18H2,1-3H3. The minimum atomic E-state index is -3.54. The van der Waals surface area contributed by atoms with E-state index in [-0.39, 0.29) is 23.9 Å². The van der Waals surface area contributed by atoms with Crippen LogP contribution in [-0.4, -0.2) is 51.8 Å². The number of rotatable bonds is 13. The number of aromatic hydroxyl groups is 1. The number of anilines is 1. The summed E-state index contributed by atoms with van der Waals surface area (Å²) in [5.74, 6) is 1.11. The van der Waals surface area contributed by atoms with E-state index in [1.165, 1.54) is 17.7 Å². The van der Waals surface area contributed by atoms with Gasteiger partial charge in [-0.25, -0.2) is 8.42 Å². The van der Waals surface area contributed by atoms with E-state index in [2.05, 4.69) is 22.2 Å². The highest BCUT2D eigenvalue weighted by atomic mass is 32.2. The second kappa shape index (κ2) is 12.6. The van der Waals surface area contributed by atoms with E-state index in [1.807, 2.05) is 36.4 Å². The molecule has 194 valence electrons. The molecule has 2 unspecified atom stereocenters. The second-order valence-corrected chi connectivity index (χ2v) is 10.4. The van der Waals surface area contributed by atoms with E-state index in [9.17, 15) is 18.6 Å². The molecular weight excluding hydrogens is 480 g/mol. The van der Waals surface area contributed by atoms with Crippen LogP contribution in [0.15, 0.2) is 66.7 Å². The summed E-state index contributed by atoms with van der Waals surface area (Å²) in [4.78, 5) is 0. The molecule has 3 aromatic carbocycles. The zero-order valence-electron chi connectivity index (χ0n) is 20.8. The molecule has 0 radical (unpaired) electrons. The first-order chi connectivity index (χ1) is 17.2. The number of ether oxygens (including phenoxy) is 2. The third-order valence-electron chi connectivity index (χ3n) is 5.80. The van der Waals surface area contributed by atoms with Crippen molar-refractivity contribution in [3.8, 4) is 17.2 Å². The monoisotopic (exact) mass is 514 g/mol. The molecule has 0 saturated heterocycles. The molecule has 0 aliphatic rings. The van der Waals surface area contributed by atoms with Gasteiger partial charge in [-0.1, -0.05) is 42.5 Å². The first kappa shape index (κ1) is 27.3. The predicted molar refractivity (Wildman–Crippen MR) is 141 cm³/mol. The van der Waals surface area contributed by atoms with Crippen LogP contribution in [0.3, 0.4) is 0 Å². The van der Waals surface area contributed by atoms with Gasteiger partial charge in [0, 0.05) is 12.6 Å². The third kappa shape index (κ3) is 8.15. The number of phenolic OH excluding ortho intramolecular Hbond substituents is 1. The lowest BCUT2D eigenvalue weighted by Gasteiger charge is -2.23. The van der Waals surface area contributed by atoms with Gasteiger partial charge in [0.05, 0.1) is 32.3 Å². The van der Waals surface area contributed by atoms with Gasteiger partial charge in [0.25, 0.3) is 0 Å². The Labute approximate surface area is 213 Å². The average Bonchev–Trinajstić information content (AvgIpc) is 2.85. The highest BCUT2D eigenvalue weighted by molar-refractivity contribution is 7.92. The normalized spacial score (nSPS) is 13.1. The van der Waals surface area contributed by atoms with Crippen LogP contribution in [0.4, 0.5) is 5.69 Å². The minimum absolute atomic E-state index is 0.0538. The van der Waals surface area contributed by atoms with E-state index in [0.29, 0.717) is 23.6 Å². The van der Waals surface area contributed by atoms with Gasteiger partial charge in [-0.15, -0.1) is 0 Å². The molecule has 2 atom stereocenters. The molecule has 4 N–H and O–H groups in total. The quantitative estimate of drug-likeness (QED) is 0.257. The van der Waals surface area contributed by atoms with Gasteiger partial charge in [0.1, 0.15) is 5.75 Å². The summed E-state index contributed by atoms with van der Waals surface area (Å²) in [6.07, 6.45) is 2.21. The molecule has 0 spiro atoms. The number of methoxy groups -OCH3 is 2. The van der Waals surface area contributed by atoms with E-state index >= 15 is 0 Å². The number of phenols is 1. The molecule has 0 heterocycles. The topological polar surface area (TPSA) is 117 Å². The molecular formula is C27H34N2O6S. The Bertz CT molecular complexity index is 1230. The third-order valence-corrected chi connectivity index (χ3v) is 6.39. The lowest BCUT2D eigenvalue weighted by atomic mass is 9.98. The van der Waals surface area contributed by atoms with Crippen LogP contribution in [-0.2, 0) is 22.9 Å². The SMILES string of the molecule is COc1ccc(C(CCc2ccccc2)NCC(O)Cc2ccc(O)c(NS(C)(=O)=O)c2)cc1OC. The number of benzene rings is 3. The number of aliphatic hydroxyl groups is 1. The number of nitrogens with one attached hydrogen (secondary N) is 2. The fraction of sp³-hybridized carbons (Fsp3) is 0.333. The van der Waals surface area contributed by atoms with Gasteiger partial charge in [-0.2, -0.15) is 0 Å². The van der Waals surface area contributed by atoms with Crippen LogP contribution in [0.1, 0.15) is 29.2 Å². The zero-order chi connectivity index (χ0) is 26.1. The Kier molecular flexibility index (Phi) is 9.58. The molecule has 3 aromatic rings. The summed E-state index contributed by atoms with van der Waals surface area (Å²) < 4.78 is 36.2. The molecule has 0 bridgehead atoms. The van der Waals surface area contributed by atoms with E-state index < -0.39 is 16.1 Å². The van der Waals surface area contributed by atoms with Crippen LogP contribution in [0.5, 0.6) is 17.2 Å². The van der Waals surface area contributed by atoms with Gasteiger partial charge in [-0.3, -0.25) is 4.72 Å². The van der Waals surface area contributed by atoms with Crippen molar-refractivity contribution < 1.29 is 28.1 Å². The van der Waals surface area contributed by atoms with Gasteiger partial charge in [0.2, 0.25) is 10.0 Å². The van der Waals surface area contributed by atoms with Crippen molar-refractivity contribution in [3.05, 3.63) is 83.4 Å². The highest BCUT2D eigenvalue weighted by Gasteiger charge is 2.17. The molecule has 3 rings (SSSR count). The molecule has 0 fully saturated rings. The van der Waals surface area contributed by atoms with Crippen molar-refractivity contribution in [2.45, 2.75) is 31.4 Å². The van der Waals surface area contributed by atoms with Crippen LogP contribution in [0.2, 0.25) is 0 Å². The number of sulfonamides is 1. The number of aliphatic hydroxyl groups excluding tert-OH is 1. The molecule has 0 saturated carbocycles. The smallest absolute Gasteiger partial charge is 0.229 e. The number of aryl methyl sites for hydroxylation is 1. The summed E-state index contributed by atoms with van der Waals surface area (Å²) in [6.45, 7) is 0.309. The van der Waals surface area contributed by atoms with Gasteiger partial charge in [0.15, 0.2) is 11.5 Å². The van der Waals surface area contributed by atoms with Crippen molar-refractivity contribution >= 4 is 15.7 Å².